The van der Waals surface area contributed by atoms with E-state index in [-0.39, 0.29) is 17.8 Å². The van der Waals surface area contributed by atoms with Gasteiger partial charge in [-0.25, -0.2) is 9.48 Å². The van der Waals surface area contributed by atoms with Crippen LogP contribution in [-0.4, -0.2) is 19.3 Å². The molecule has 1 saturated carbocycles. The first kappa shape index (κ1) is 14.6. The summed E-state index contributed by atoms with van der Waals surface area (Å²) in [5.41, 5.74) is 2.37. The standard InChI is InChI=1S/C20H20N4O/c25-20-23-18(14-6-2-1-3-7-14)9-10-19(23)22-24(20)16-12-15(13-16)17-8-4-5-11-21-17/h1-8,11,15-16,18H,9-10,12-13H2/t15?,16?,18-/m0/s1. The van der Waals surface area contributed by atoms with Gasteiger partial charge in [0.2, 0.25) is 0 Å². The van der Waals surface area contributed by atoms with E-state index in [2.05, 4.69) is 28.3 Å². The van der Waals surface area contributed by atoms with Gasteiger partial charge in [-0.2, -0.15) is 5.10 Å². The van der Waals surface area contributed by atoms with Crippen LogP contribution < -0.4 is 5.69 Å². The van der Waals surface area contributed by atoms with Crippen LogP contribution in [-0.2, 0) is 6.42 Å². The van der Waals surface area contributed by atoms with Gasteiger partial charge in [-0.1, -0.05) is 36.4 Å². The smallest absolute Gasteiger partial charge is 0.271 e. The van der Waals surface area contributed by atoms with Crippen molar-refractivity contribution in [1.29, 1.82) is 0 Å². The lowest BCUT2D eigenvalue weighted by atomic mass is 9.78. The highest BCUT2D eigenvalue weighted by Gasteiger charge is 2.37. The first-order chi connectivity index (χ1) is 12.3. The molecule has 1 aliphatic heterocycles. The third-order valence-corrected chi connectivity index (χ3v) is 5.61. The Labute approximate surface area is 146 Å². The van der Waals surface area contributed by atoms with E-state index < -0.39 is 0 Å². The highest BCUT2D eigenvalue weighted by Crippen LogP contribution is 2.43. The number of fused-ring (bicyclic) bond motifs is 1. The Hall–Kier alpha value is -2.69. The number of rotatable bonds is 3. The molecule has 0 amide bonds. The monoisotopic (exact) mass is 332 g/mol. The van der Waals surface area contributed by atoms with Crippen LogP contribution in [0.5, 0.6) is 0 Å². The highest BCUT2D eigenvalue weighted by molar-refractivity contribution is 5.23. The van der Waals surface area contributed by atoms with Crippen molar-refractivity contribution in [2.75, 3.05) is 0 Å². The minimum atomic E-state index is 0.0471. The molecule has 2 aromatic heterocycles. The van der Waals surface area contributed by atoms with Gasteiger partial charge in [0.15, 0.2) is 0 Å². The number of hydrogen-bond acceptors (Lipinski definition) is 3. The predicted octanol–water partition coefficient (Wildman–Crippen LogP) is 3.09. The molecule has 1 fully saturated rings. The molecule has 0 unspecified atom stereocenters. The molecule has 3 aromatic rings. The first-order valence-corrected chi connectivity index (χ1v) is 8.97. The molecule has 5 heteroatoms. The number of aromatic nitrogens is 4. The van der Waals surface area contributed by atoms with Crippen LogP contribution in [0.25, 0.3) is 0 Å². The Balaban J connectivity index is 1.40. The quantitative estimate of drug-likeness (QED) is 0.740. The Kier molecular flexibility index (Phi) is 3.33. The van der Waals surface area contributed by atoms with Crippen molar-refractivity contribution in [2.45, 2.75) is 43.7 Å². The van der Waals surface area contributed by atoms with Gasteiger partial charge in [-0.05, 0) is 37.0 Å². The number of pyridine rings is 1. The van der Waals surface area contributed by atoms with E-state index in [0.717, 1.165) is 37.2 Å². The summed E-state index contributed by atoms with van der Waals surface area (Å²) in [6, 6.07) is 16.6. The van der Waals surface area contributed by atoms with Gasteiger partial charge in [-0.3, -0.25) is 9.55 Å². The van der Waals surface area contributed by atoms with Gasteiger partial charge in [-0.15, -0.1) is 0 Å². The van der Waals surface area contributed by atoms with E-state index >= 15 is 0 Å². The highest BCUT2D eigenvalue weighted by atomic mass is 16.2. The Morgan fingerprint density at radius 2 is 1.80 bits per heavy atom. The molecule has 126 valence electrons. The van der Waals surface area contributed by atoms with Crippen LogP contribution in [0.15, 0.2) is 59.5 Å². The van der Waals surface area contributed by atoms with E-state index in [4.69, 9.17) is 0 Å². The van der Waals surface area contributed by atoms with Crippen LogP contribution in [0.2, 0.25) is 0 Å². The fourth-order valence-corrected chi connectivity index (χ4v) is 4.19. The maximum Gasteiger partial charge on any atom is 0.346 e. The molecule has 2 aliphatic rings. The average Bonchev–Trinajstić information content (AvgIpc) is 3.17. The van der Waals surface area contributed by atoms with E-state index in [1.165, 1.54) is 5.56 Å². The van der Waals surface area contributed by atoms with Crippen LogP contribution in [0.1, 0.15) is 54.3 Å². The predicted molar refractivity (Wildman–Crippen MR) is 94.6 cm³/mol. The fraction of sp³-hybridized carbons (Fsp3) is 0.350. The molecule has 0 N–H and O–H groups in total. The second-order valence-electron chi connectivity index (χ2n) is 7.06. The third kappa shape index (κ3) is 2.34. The summed E-state index contributed by atoms with van der Waals surface area (Å²) < 4.78 is 3.63. The van der Waals surface area contributed by atoms with Crippen LogP contribution in [0, 0.1) is 0 Å². The Morgan fingerprint density at radius 1 is 1.00 bits per heavy atom. The van der Waals surface area contributed by atoms with Crippen molar-refractivity contribution < 1.29 is 0 Å². The molecule has 5 nitrogen and oxygen atoms in total. The number of benzene rings is 1. The lowest BCUT2D eigenvalue weighted by Gasteiger charge is -2.34. The number of aryl methyl sites for hydroxylation is 1. The van der Waals surface area contributed by atoms with Crippen LogP contribution >= 0.6 is 0 Å². The zero-order valence-corrected chi connectivity index (χ0v) is 14.0. The first-order valence-electron chi connectivity index (χ1n) is 8.97. The van der Waals surface area contributed by atoms with Crippen molar-refractivity contribution in [3.63, 3.8) is 0 Å². The van der Waals surface area contributed by atoms with Crippen molar-refractivity contribution in [3.8, 4) is 0 Å². The largest absolute Gasteiger partial charge is 0.346 e. The van der Waals surface area contributed by atoms with Gasteiger partial charge in [0.05, 0.1) is 12.1 Å². The zero-order valence-electron chi connectivity index (χ0n) is 14.0. The van der Waals surface area contributed by atoms with E-state index in [1.54, 1.807) is 4.68 Å². The molecular weight excluding hydrogens is 312 g/mol. The number of hydrogen-bond donors (Lipinski definition) is 0. The molecular formula is C20H20N4O. The van der Waals surface area contributed by atoms with Crippen molar-refractivity contribution in [2.24, 2.45) is 0 Å². The van der Waals surface area contributed by atoms with E-state index in [9.17, 15) is 4.79 Å². The lowest BCUT2D eigenvalue weighted by molar-refractivity contribution is 0.233. The van der Waals surface area contributed by atoms with Gasteiger partial charge in [0.1, 0.15) is 5.82 Å². The molecule has 1 aliphatic carbocycles. The molecule has 1 atom stereocenters. The fourth-order valence-electron chi connectivity index (χ4n) is 4.19. The van der Waals surface area contributed by atoms with Crippen LogP contribution in [0.3, 0.4) is 0 Å². The van der Waals surface area contributed by atoms with Gasteiger partial charge < -0.3 is 0 Å². The van der Waals surface area contributed by atoms with Gasteiger partial charge >= 0.3 is 5.69 Å². The summed E-state index contributed by atoms with van der Waals surface area (Å²) in [5, 5.41) is 4.66. The molecule has 0 saturated heterocycles. The average molecular weight is 332 g/mol. The topological polar surface area (TPSA) is 52.7 Å². The maximum absolute atomic E-state index is 13.0. The van der Waals surface area contributed by atoms with E-state index in [0.29, 0.717) is 5.92 Å². The molecule has 0 radical (unpaired) electrons. The molecule has 0 bridgehead atoms. The minimum absolute atomic E-state index is 0.0471. The number of nitrogens with zero attached hydrogens (tertiary/aromatic N) is 4. The molecule has 1 aromatic carbocycles. The molecule has 3 heterocycles. The summed E-state index contributed by atoms with van der Waals surface area (Å²) in [5.74, 6) is 1.37. The summed E-state index contributed by atoms with van der Waals surface area (Å²) in [4.78, 5) is 17.4. The van der Waals surface area contributed by atoms with Gasteiger partial charge in [0, 0.05) is 24.2 Å². The second-order valence-corrected chi connectivity index (χ2v) is 7.06. The Bertz CT molecular complexity index is 939. The normalized spacial score (nSPS) is 24.7. The zero-order chi connectivity index (χ0) is 16.8. The third-order valence-electron chi connectivity index (χ3n) is 5.61. The second kappa shape index (κ2) is 5.69. The summed E-state index contributed by atoms with van der Waals surface area (Å²) >= 11 is 0. The maximum atomic E-state index is 13.0. The lowest BCUT2D eigenvalue weighted by Crippen LogP contribution is -2.35. The Morgan fingerprint density at radius 3 is 2.56 bits per heavy atom. The minimum Gasteiger partial charge on any atom is -0.271 e. The summed E-state index contributed by atoms with van der Waals surface area (Å²) in [6.07, 6.45) is 5.57. The van der Waals surface area contributed by atoms with Crippen molar-refractivity contribution in [1.82, 2.24) is 19.3 Å². The summed E-state index contributed by atoms with van der Waals surface area (Å²) in [6.45, 7) is 0. The van der Waals surface area contributed by atoms with Crippen molar-refractivity contribution in [3.05, 3.63) is 82.3 Å². The van der Waals surface area contributed by atoms with Crippen molar-refractivity contribution >= 4 is 0 Å². The molecule has 5 rings (SSSR count). The molecule has 25 heavy (non-hydrogen) atoms. The SMILES string of the molecule is O=c1n(C2CC(c3ccccn3)C2)nc2n1[C@H](c1ccccc1)CC2. The van der Waals surface area contributed by atoms with Gasteiger partial charge in [0.25, 0.3) is 0 Å². The molecule has 0 spiro atoms. The van der Waals surface area contributed by atoms with E-state index in [1.807, 2.05) is 41.1 Å². The van der Waals surface area contributed by atoms with Crippen LogP contribution in [0.4, 0.5) is 0 Å². The summed E-state index contributed by atoms with van der Waals surface area (Å²) in [7, 11) is 0.